The van der Waals surface area contributed by atoms with Crippen LogP contribution in [0.2, 0.25) is 0 Å². The highest BCUT2D eigenvalue weighted by atomic mass is 16.2. The number of likely N-dealkylation sites (tertiary alicyclic amines) is 1. The van der Waals surface area contributed by atoms with E-state index in [0.717, 1.165) is 50.9 Å². The molecule has 1 atom stereocenters. The Morgan fingerprint density at radius 1 is 1.16 bits per heavy atom. The third-order valence-corrected chi connectivity index (χ3v) is 5.71. The number of rotatable bonds is 2. The number of carbonyl (C=O) groups is 1. The number of amides is 1. The van der Waals surface area contributed by atoms with Crippen molar-refractivity contribution >= 4 is 5.91 Å². The highest BCUT2D eigenvalue weighted by Gasteiger charge is 2.31. The van der Waals surface area contributed by atoms with Crippen molar-refractivity contribution in [3.05, 3.63) is 52.2 Å². The van der Waals surface area contributed by atoms with Crippen LogP contribution >= 0.6 is 0 Å². The monoisotopic (exact) mass is 340 g/mol. The van der Waals surface area contributed by atoms with Gasteiger partial charge < -0.3 is 9.47 Å². The van der Waals surface area contributed by atoms with Gasteiger partial charge in [0.1, 0.15) is 0 Å². The van der Waals surface area contributed by atoms with Crippen molar-refractivity contribution in [1.29, 1.82) is 0 Å². The zero-order valence-corrected chi connectivity index (χ0v) is 14.6. The van der Waals surface area contributed by atoms with E-state index >= 15 is 0 Å². The quantitative estimate of drug-likeness (QED) is 0.833. The zero-order valence-electron chi connectivity index (χ0n) is 14.6. The van der Waals surface area contributed by atoms with Crippen LogP contribution < -0.4 is 5.56 Å². The molecule has 2 aliphatic heterocycles. The second-order valence-corrected chi connectivity index (χ2v) is 7.24. The number of hydrogen-bond acceptors (Lipinski definition) is 3. The van der Waals surface area contributed by atoms with E-state index < -0.39 is 0 Å². The summed E-state index contributed by atoms with van der Waals surface area (Å²) in [6, 6.07) is 5.79. The highest BCUT2D eigenvalue weighted by Crippen LogP contribution is 2.29. The molecule has 6 nitrogen and oxygen atoms in total. The SMILES string of the molecule is Cn1ccc(C2CCN(C(=O)C3CCn4nccc4C3)CC2)cc1=O. The molecular weight excluding hydrogens is 316 g/mol. The largest absolute Gasteiger partial charge is 0.342 e. The van der Waals surface area contributed by atoms with Crippen LogP contribution in [0.1, 0.15) is 36.4 Å². The van der Waals surface area contributed by atoms with Crippen molar-refractivity contribution < 1.29 is 4.79 Å². The molecule has 0 aromatic carbocycles. The summed E-state index contributed by atoms with van der Waals surface area (Å²) in [7, 11) is 1.77. The number of pyridine rings is 1. The summed E-state index contributed by atoms with van der Waals surface area (Å²) in [5, 5.41) is 4.28. The molecule has 0 spiro atoms. The lowest BCUT2D eigenvalue weighted by atomic mass is 9.88. The molecule has 1 amide bonds. The van der Waals surface area contributed by atoms with Gasteiger partial charge in [-0.3, -0.25) is 14.3 Å². The summed E-state index contributed by atoms with van der Waals surface area (Å²) in [6.45, 7) is 2.41. The number of piperidine rings is 1. The molecule has 0 N–H and O–H groups in total. The Labute approximate surface area is 147 Å². The van der Waals surface area contributed by atoms with Crippen LogP contribution in [0.5, 0.6) is 0 Å². The third kappa shape index (κ3) is 3.13. The van der Waals surface area contributed by atoms with Gasteiger partial charge in [-0.25, -0.2) is 0 Å². The first kappa shape index (κ1) is 16.1. The van der Waals surface area contributed by atoms with E-state index in [9.17, 15) is 9.59 Å². The van der Waals surface area contributed by atoms with Gasteiger partial charge in [0.15, 0.2) is 0 Å². The maximum Gasteiger partial charge on any atom is 0.250 e. The van der Waals surface area contributed by atoms with Crippen LogP contribution in [-0.4, -0.2) is 38.2 Å². The van der Waals surface area contributed by atoms with Crippen LogP contribution in [0, 0.1) is 5.92 Å². The van der Waals surface area contributed by atoms with Gasteiger partial charge in [0.05, 0.1) is 0 Å². The number of aryl methyl sites for hydroxylation is 2. The number of carbonyl (C=O) groups excluding carboxylic acids is 1. The average molecular weight is 340 g/mol. The molecule has 0 bridgehead atoms. The molecule has 132 valence electrons. The molecule has 6 heteroatoms. The molecule has 0 radical (unpaired) electrons. The van der Waals surface area contributed by atoms with Crippen molar-refractivity contribution in [2.45, 2.75) is 38.1 Å². The fourth-order valence-electron chi connectivity index (χ4n) is 4.09. The van der Waals surface area contributed by atoms with Gasteiger partial charge in [0.25, 0.3) is 5.56 Å². The average Bonchev–Trinajstić information content (AvgIpc) is 3.11. The number of nitrogens with zero attached hydrogens (tertiary/aromatic N) is 4. The van der Waals surface area contributed by atoms with E-state index in [1.807, 2.05) is 34.1 Å². The number of aromatic nitrogens is 3. The van der Waals surface area contributed by atoms with E-state index in [0.29, 0.717) is 5.92 Å². The van der Waals surface area contributed by atoms with Crippen molar-refractivity contribution in [3.63, 3.8) is 0 Å². The smallest absolute Gasteiger partial charge is 0.250 e. The second kappa shape index (κ2) is 6.50. The van der Waals surface area contributed by atoms with Gasteiger partial charge in [-0.1, -0.05) is 0 Å². The Morgan fingerprint density at radius 3 is 2.72 bits per heavy atom. The van der Waals surface area contributed by atoms with E-state index in [1.165, 1.54) is 5.69 Å². The summed E-state index contributed by atoms with van der Waals surface area (Å²) in [5.74, 6) is 0.755. The normalized spacial score (nSPS) is 21.2. The molecule has 1 fully saturated rings. The molecule has 0 saturated carbocycles. The molecule has 1 saturated heterocycles. The van der Waals surface area contributed by atoms with Gasteiger partial charge in [-0.15, -0.1) is 0 Å². The summed E-state index contributed by atoms with van der Waals surface area (Å²) in [4.78, 5) is 26.7. The van der Waals surface area contributed by atoms with Crippen molar-refractivity contribution in [2.75, 3.05) is 13.1 Å². The Balaban J connectivity index is 1.38. The third-order valence-electron chi connectivity index (χ3n) is 5.71. The minimum atomic E-state index is 0.0369. The molecule has 1 unspecified atom stereocenters. The molecular formula is C19H24N4O2. The van der Waals surface area contributed by atoms with Crippen LogP contribution in [0.3, 0.4) is 0 Å². The van der Waals surface area contributed by atoms with Gasteiger partial charge in [0, 0.05) is 63.2 Å². The number of hydrogen-bond donors (Lipinski definition) is 0. The zero-order chi connectivity index (χ0) is 17.4. The van der Waals surface area contributed by atoms with Crippen LogP contribution in [0.25, 0.3) is 0 Å². The molecule has 0 aliphatic carbocycles. The van der Waals surface area contributed by atoms with Gasteiger partial charge in [-0.2, -0.15) is 5.10 Å². The maximum atomic E-state index is 12.9. The van der Waals surface area contributed by atoms with E-state index in [4.69, 9.17) is 0 Å². The lowest BCUT2D eigenvalue weighted by molar-refractivity contribution is -0.137. The van der Waals surface area contributed by atoms with Crippen LogP contribution in [0.15, 0.2) is 35.4 Å². The molecule has 4 heterocycles. The van der Waals surface area contributed by atoms with Crippen LogP contribution in [0.4, 0.5) is 0 Å². The fourth-order valence-corrected chi connectivity index (χ4v) is 4.09. The van der Waals surface area contributed by atoms with Gasteiger partial charge in [0.2, 0.25) is 5.91 Å². The summed E-state index contributed by atoms with van der Waals surface area (Å²) < 4.78 is 3.60. The standard InChI is InChI=1S/C19H24N4O2/c1-21-8-3-15(13-18(21)24)14-4-9-22(10-5-14)19(25)16-6-11-23-17(12-16)2-7-20-23/h2-3,7-8,13-14,16H,4-6,9-12H2,1H3. The summed E-state index contributed by atoms with van der Waals surface area (Å²) in [5.41, 5.74) is 2.31. The lowest BCUT2D eigenvalue weighted by Gasteiger charge is -2.35. The fraction of sp³-hybridized carbons (Fsp3) is 0.526. The van der Waals surface area contributed by atoms with E-state index in [1.54, 1.807) is 17.7 Å². The number of fused-ring (bicyclic) bond motifs is 1. The Bertz CT molecular complexity index is 830. The van der Waals surface area contributed by atoms with Crippen molar-refractivity contribution in [3.8, 4) is 0 Å². The predicted octanol–water partition coefficient (Wildman–Crippen LogP) is 1.55. The predicted molar refractivity (Wildman–Crippen MR) is 94.3 cm³/mol. The molecule has 2 aliphatic rings. The lowest BCUT2D eigenvalue weighted by Crippen LogP contribution is -2.43. The second-order valence-electron chi connectivity index (χ2n) is 7.24. The minimum Gasteiger partial charge on any atom is -0.342 e. The molecule has 25 heavy (non-hydrogen) atoms. The first-order chi connectivity index (χ1) is 12.1. The molecule has 4 rings (SSSR count). The first-order valence-electron chi connectivity index (χ1n) is 9.08. The Morgan fingerprint density at radius 2 is 1.96 bits per heavy atom. The highest BCUT2D eigenvalue weighted by molar-refractivity contribution is 5.79. The summed E-state index contributed by atoms with van der Waals surface area (Å²) >= 11 is 0. The van der Waals surface area contributed by atoms with Gasteiger partial charge >= 0.3 is 0 Å². The van der Waals surface area contributed by atoms with Crippen molar-refractivity contribution in [2.24, 2.45) is 13.0 Å². The summed E-state index contributed by atoms with van der Waals surface area (Å²) in [6.07, 6.45) is 7.20. The Hall–Kier alpha value is -2.37. The van der Waals surface area contributed by atoms with Crippen molar-refractivity contribution in [1.82, 2.24) is 19.2 Å². The molecule has 2 aromatic heterocycles. The van der Waals surface area contributed by atoms with Crippen LogP contribution in [-0.2, 0) is 24.8 Å². The maximum absolute atomic E-state index is 12.9. The van der Waals surface area contributed by atoms with E-state index in [2.05, 4.69) is 5.10 Å². The molecule has 2 aromatic rings. The minimum absolute atomic E-state index is 0.0369. The topological polar surface area (TPSA) is 60.1 Å². The van der Waals surface area contributed by atoms with E-state index in [-0.39, 0.29) is 17.4 Å². The first-order valence-corrected chi connectivity index (χ1v) is 9.08. The Kier molecular flexibility index (Phi) is 4.19. The van der Waals surface area contributed by atoms with Gasteiger partial charge in [-0.05, 0) is 42.9 Å².